The van der Waals surface area contributed by atoms with Gasteiger partial charge in [-0.3, -0.25) is 4.79 Å². The van der Waals surface area contributed by atoms with Crippen molar-refractivity contribution < 1.29 is 37.3 Å². The monoisotopic (exact) mass is 431 g/mol. The van der Waals surface area contributed by atoms with E-state index < -0.39 is 30.2 Å². The normalized spacial score (nSPS) is 13.3. The van der Waals surface area contributed by atoms with Crippen LogP contribution < -0.4 is 10.1 Å². The SMILES string of the molecule is COC(=O)[C@@H](NC(=O)C(F)(F)F)[C@@H](O)c1ccc(OCc2ccccc2)c(Cl)c1. The molecule has 1 amide bonds. The fraction of sp³-hybridized carbons (Fsp3) is 0.263. The summed E-state index contributed by atoms with van der Waals surface area (Å²) in [6.45, 7) is 0.217. The van der Waals surface area contributed by atoms with E-state index >= 15 is 0 Å². The zero-order valence-electron chi connectivity index (χ0n) is 15.1. The second-order valence-corrected chi connectivity index (χ2v) is 6.29. The highest BCUT2D eigenvalue weighted by Crippen LogP contribution is 2.30. The summed E-state index contributed by atoms with van der Waals surface area (Å²) < 4.78 is 47.4. The van der Waals surface area contributed by atoms with Crippen molar-refractivity contribution in [1.82, 2.24) is 5.32 Å². The van der Waals surface area contributed by atoms with E-state index in [9.17, 15) is 27.9 Å². The molecular formula is C19H17ClF3NO5. The smallest absolute Gasteiger partial charge is 0.471 e. The lowest BCUT2D eigenvalue weighted by molar-refractivity contribution is -0.177. The highest BCUT2D eigenvalue weighted by Gasteiger charge is 2.43. The highest BCUT2D eigenvalue weighted by atomic mass is 35.5. The fourth-order valence-corrected chi connectivity index (χ4v) is 2.61. The van der Waals surface area contributed by atoms with Crippen LogP contribution in [0.25, 0.3) is 0 Å². The van der Waals surface area contributed by atoms with Gasteiger partial charge < -0.3 is 19.9 Å². The Morgan fingerprint density at radius 2 is 1.83 bits per heavy atom. The minimum Gasteiger partial charge on any atom is -0.487 e. The molecule has 0 aromatic heterocycles. The van der Waals surface area contributed by atoms with E-state index in [1.165, 1.54) is 23.5 Å². The zero-order valence-corrected chi connectivity index (χ0v) is 15.8. The van der Waals surface area contributed by atoms with Crippen LogP contribution >= 0.6 is 11.6 Å². The van der Waals surface area contributed by atoms with Crippen LogP contribution in [0.15, 0.2) is 48.5 Å². The molecule has 0 radical (unpaired) electrons. The molecule has 2 atom stereocenters. The van der Waals surface area contributed by atoms with Crippen molar-refractivity contribution >= 4 is 23.5 Å². The number of nitrogens with one attached hydrogen (secondary N) is 1. The molecule has 0 fully saturated rings. The van der Waals surface area contributed by atoms with Gasteiger partial charge in [0.2, 0.25) is 0 Å². The number of aliphatic hydroxyl groups excluding tert-OH is 1. The van der Waals surface area contributed by atoms with Crippen LogP contribution in [0.3, 0.4) is 0 Å². The van der Waals surface area contributed by atoms with Gasteiger partial charge in [-0.15, -0.1) is 0 Å². The zero-order chi connectivity index (χ0) is 21.6. The topological polar surface area (TPSA) is 84.9 Å². The second-order valence-electron chi connectivity index (χ2n) is 5.88. The van der Waals surface area contributed by atoms with Gasteiger partial charge in [-0.25, -0.2) is 4.79 Å². The third-order valence-electron chi connectivity index (χ3n) is 3.85. The van der Waals surface area contributed by atoms with Crippen molar-refractivity contribution in [1.29, 1.82) is 0 Å². The largest absolute Gasteiger partial charge is 0.487 e. The summed E-state index contributed by atoms with van der Waals surface area (Å²) in [6.07, 6.45) is -7.08. The number of carbonyl (C=O) groups is 2. The number of methoxy groups -OCH3 is 1. The van der Waals surface area contributed by atoms with Crippen molar-refractivity contribution in [2.75, 3.05) is 7.11 Å². The summed E-state index contributed by atoms with van der Waals surface area (Å²) in [4.78, 5) is 22.9. The second kappa shape index (κ2) is 9.62. The first-order chi connectivity index (χ1) is 13.6. The lowest BCUT2D eigenvalue weighted by Crippen LogP contribution is -2.50. The lowest BCUT2D eigenvalue weighted by atomic mass is 10.0. The Labute approximate surface area is 169 Å². The molecule has 156 valence electrons. The number of hydrogen-bond donors (Lipinski definition) is 2. The van der Waals surface area contributed by atoms with Gasteiger partial charge in [0.25, 0.3) is 0 Å². The molecular weight excluding hydrogens is 415 g/mol. The standard InChI is InChI=1S/C19H17ClF3NO5/c1-28-17(26)15(24-18(27)19(21,22)23)16(25)12-7-8-14(13(20)9-12)29-10-11-5-3-2-4-6-11/h2-9,15-16,25H,10H2,1H3,(H,24,27)/t15-,16-/m0/s1. The molecule has 0 aliphatic rings. The van der Waals surface area contributed by atoms with Crippen molar-refractivity contribution in [3.8, 4) is 5.75 Å². The van der Waals surface area contributed by atoms with E-state index in [4.69, 9.17) is 16.3 Å². The Morgan fingerprint density at radius 1 is 1.17 bits per heavy atom. The molecule has 29 heavy (non-hydrogen) atoms. The number of halogens is 4. The van der Waals surface area contributed by atoms with Gasteiger partial charge in [0, 0.05) is 0 Å². The van der Waals surface area contributed by atoms with E-state index in [2.05, 4.69) is 4.74 Å². The maximum Gasteiger partial charge on any atom is 0.471 e. The molecule has 0 bridgehead atoms. The van der Waals surface area contributed by atoms with Crippen molar-refractivity contribution in [2.24, 2.45) is 0 Å². The maximum atomic E-state index is 12.5. The summed E-state index contributed by atoms with van der Waals surface area (Å²) in [5.74, 6) is -3.38. The third kappa shape index (κ3) is 6.10. The first-order valence-electron chi connectivity index (χ1n) is 8.23. The molecule has 0 saturated heterocycles. The summed E-state index contributed by atoms with van der Waals surface area (Å²) in [7, 11) is 0.912. The van der Waals surface area contributed by atoms with Gasteiger partial charge in [0.15, 0.2) is 6.04 Å². The first kappa shape index (κ1) is 22.5. The predicted molar refractivity (Wildman–Crippen MR) is 97.2 cm³/mol. The molecule has 10 heteroatoms. The Bertz CT molecular complexity index is 861. The number of ether oxygens (including phenoxy) is 2. The van der Waals surface area contributed by atoms with E-state index in [0.717, 1.165) is 12.7 Å². The summed E-state index contributed by atoms with van der Waals surface area (Å²) in [5, 5.41) is 11.8. The minimum absolute atomic E-state index is 0.0139. The van der Waals surface area contributed by atoms with Gasteiger partial charge >= 0.3 is 18.1 Å². The van der Waals surface area contributed by atoms with E-state index in [0.29, 0.717) is 0 Å². The number of rotatable bonds is 7. The Balaban J connectivity index is 2.16. The number of carbonyl (C=O) groups excluding carboxylic acids is 2. The van der Waals surface area contributed by atoms with Gasteiger partial charge in [-0.1, -0.05) is 48.0 Å². The average Bonchev–Trinajstić information content (AvgIpc) is 2.69. The van der Waals surface area contributed by atoms with Crippen LogP contribution in [0.1, 0.15) is 17.2 Å². The molecule has 0 unspecified atom stereocenters. The van der Waals surface area contributed by atoms with E-state index in [1.54, 1.807) is 0 Å². The van der Waals surface area contributed by atoms with Crippen molar-refractivity contribution in [3.05, 3.63) is 64.7 Å². The number of esters is 1. The molecule has 0 aliphatic heterocycles. The number of alkyl halides is 3. The molecule has 2 rings (SSSR count). The van der Waals surface area contributed by atoms with Crippen LogP contribution in [0, 0.1) is 0 Å². The Morgan fingerprint density at radius 3 is 2.38 bits per heavy atom. The molecule has 0 spiro atoms. The highest BCUT2D eigenvalue weighted by molar-refractivity contribution is 6.32. The van der Waals surface area contributed by atoms with Gasteiger partial charge in [0.05, 0.1) is 12.1 Å². The van der Waals surface area contributed by atoms with Gasteiger partial charge in [-0.05, 0) is 23.3 Å². The number of hydrogen-bond acceptors (Lipinski definition) is 5. The van der Waals surface area contributed by atoms with Crippen molar-refractivity contribution in [3.63, 3.8) is 0 Å². The molecule has 0 aliphatic carbocycles. The minimum atomic E-state index is -5.24. The number of amides is 1. The summed E-state index contributed by atoms with van der Waals surface area (Å²) >= 11 is 6.12. The molecule has 6 nitrogen and oxygen atoms in total. The van der Waals surface area contributed by atoms with Crippen LogP contribution in [-0.2, 0) is 20.9 Å². The van der Waals surface area contributed by atoms with Gasteiger partial charge in [0.1, 0.15) is 18.5 Å². The van der Waals surface area contributed by atoms with Gasteiger partial charge in [-0.2, -0.15) is 13.2 Å². The van der Waals surface area contributed by atoms with Crippen molar-refractivity contribution in [2.45, 2.75) is 24.9 Å². The summed E-state index contributed by atoms with van der Waals surface area (Å²) in [5.41, 5.74) is 0.869. The third-order valence-corrected chi connectivity index (χ3v) is 4.14. The van der Waals surface area contributed by atoms with Crippen LogP contribution in [0.5, 0.6) is 5.75 Å². The van der Waals surface area contributed by atoms with Crippen LogP contribution in [-0.4, -0.2) is 36.3 Å². The fourth-order valence-electron chi connectivity index (χ4n) is 2.36. The average molecular weight is 432 g/mol. The number of benzene rings is 2. The number of aliphatic hydroxyl groups is 1. The Kier molecular flexibility index (Phi) is 7.46. The van der Waals surface area contributed by atoms with E-state index in [-0.39, 0.29) is 22.9 Å². The quantitative estimate of drug-likeness (QED) is 0.658. The molecule has 2 N–H and O–H groups in total. The predicted octanol–water partition coefficient (Wildman–Crippen LogP) is 3.17. The molecule has 2 aromatic carbocycles. The van der Waals surface area contributed by atoms with Crippen LogP contribution in [0.2, 0.25) is 5.02 Å². The molecule has 0 saturated carbocycles. The Hall–Kier alpha value is -2.78. The van der Waals surface area contributed by atoms with E-state index in [1.807, 2.05) is 30.3 Å². The lowest BCUT2D eigenvalue weighted by Gasteiger charge is -2.23. The first-order valence-corrected chi connectivity index (χ1v) is 8.61. The molecule has 2 aromatic rings. The van der Waals surface area contributed by atoms with Crippen LogP contribution in [0.4, 0.5) is 13.2 Å². The summed E-state index contributed by atoms with van der Waals surface area (Å²) in [6, 6.07) is 11.2. The molecule has 0 heterocycles. The maximum absolute atomic E-state index is 12.5.